The maximum atomic E-state index is 12.6. The molecule has 25 heavy (non-hydrogen) atoms. The van der Waals surface area contributed by atoms with Crippen LogP contribution in [0.3, 0.4) is 0 Å². The summed E-state index contributed by atoms with van der Waals surface area (Å²) in [6.07, 6.45) is 1.69. The number of benzene rings is 2. The summed E-state index contributed by atoms with van der Waals surface area (Å²) in [5.74, 6) is 1.69. The molecule has 0 amide bonds. The molecule has 2 heterocycles. The van der Waals surface area contributed by atoms with Gasteiger partial charge in [-0.3, -0.25) is 4.79 Å². The second kappa shape index (κ2) is 6.43. The zero-order valence-corrected chi connectivity index (χ0v) is 14.5. The number of furan rings is 1. The minimum absolute atomic E-state index is 0.0550. The van der Waals surface area contributed by atoms with E-state index in [1.807, 2.05) is 18.2 Å². The van der Waals surface area contributed by atoms with Crippen LogP contribution in [0, 0.1) is 0 Å². The lowest BCUT2D eigenvalue weighted by molar-refractivity contribution is 0.100. The second-order valence-corrected chi connectivity index (χ2v) is 6.37. The van der Waals surface area contributed by atoms with Gasteiger partial charge in [0.25, 0.3) is 0 Å². The summed E-state index contributed by atoms with van der Waals surface area (Å²) >= 11 is 12.3. The number of Topliss-reactive ketones (excluding diaryl/α,β-unsaturated/α-hetero) is 1. The number of ketones is 1. The number of carbonyl (C=O) groups excluding carboxylic acids is 1. The van der Waals surface area contributed by atoms with Gasteiger partial charge in [-0.1, -0.05) is 41.4 Å². The van der Waals surface area contributed by atoms with E-state index >= 15 is 0 Å². The van der Waals surface area contributed by atoms with Crippen molar-refractivity contribution < 1.29 is 13.9 Å². The summed E-state index contributed by atoms with van der Waals surface area (Å²) in [4.78, 5) is 12.6. The molecule has 0 fully saturated rings. The largest absolute Gasteiger partial charge is 0.488 e. The highest BCUT2D eigenvalue weighted by molar-refractivity contribution is 6.43. The molecular formula is C20H12Cl2O3. The smallest absolute Gasteiger partial charge is 0.196 e. The standard InChI is InChI=1S/C20H12Cl2O3/c21-16-6-3-5-14(19(16)22)18-9-8-13(25-18)10-12-11-24-17-7-2-1-4-15(17)20(12)23/h1-10H,11H2/b12-10+. The first-order chi connectivity index (χ1) is 12.1. The molecule has 5 heteroatoms. The molecule has 1 aliphatic rings. The average molecular weight is 371 g/mol. The van der Waals surface area contributed by atoms with Gasteiger partial charge in [0.2, 0.25) is 0 Å². The van der Waals surface area contributed by atoms with Crippen molar-refractivity contribution in [2.45, 2.75) is 0 Å². The van der Waals surface area contributed by atoms with Crippen molar-refractivity contribution >= 4 is 35.1 Å². The van der Waals surface area contributed by atoms with Gasteiger partial charge in [-0.25, -0.2) is 0 Å². The van der Waals surface area contributed by atoms with E-state index in [9.17, 15) is 4.79 Å². The lowest BCUT2D eigenvalue weighted by atomic mass is 10.00. The molecule has 0 N–H and O–H groups in total. The molecule has 0 atom stereocenters. The van der Waals surface area contributed by atoms with Gasteiger partial charge in [-0.05, 0) is 42.5 Å². The van der Waals surface area contributed by atoms with Crippen LogP contribution in [-0.4, -0.2) is 12.4 Å². The summed E-state index contributed by atoms with van der Waals surface area (Å²) in [5, 5.41) is 0.895. The summed E-state index contributed by atoms with van der Waals surface area (Å²) in [6.45, 7) is 0.212. The van der Waals surface area contributed by atoms with Crippen LogP contribution >= 0.6 is 23.2 Å². The van der Waals surface area contributed by atoms with Crippen LogP contribution in [0.2, 0.25) is 10.0 Å². The Hall–Kier alpha value is -2.49. The zero-order valence-electron chi connectivity index (χ0n) is 13.0. The normalized spacial score (nSPS) is 15.1. The lowest BCUT2D eigenvalue weighted by Gasteiger charge is -2.18. The fourth-order valence-electron chi connectivity index (χ4n) is 2.72. The van der Waals surface area contributed by atoms with Gasteiger partial charge in [0, 0.05) is 11.1 Å². The number of carbonyl (C=O) groups is 1. The van der Waals surface area contributed by atoms with Crippen LogP contribution in [0.15, 0.2) is 64.6 Å². The van der Waals surface area contributed by atoms with Crippen LogP contribution in [0.4, 0.5) is 0 Å². The van der Waals surface area contributed by atoms with Gasteiger partial charge in [-0.2, -0.15) is 0 Å². The van der Waals surface area contributed by atoms with E-state index in [0.29, 0.717) is 44.0 Å². The van der Waals surface area contributed by atoms with E-state index in [4.69, 9.17) is 32.4 Å². The fourth-order valence-corrected chi connectivity index (χ4v) is 3.12. The number of hydrogen-bond donors (Lipinski definition) is 0. The van der Waals surface area contributed by atoms with Gasteiger partial charge in [0.1, 0.15) is 23.9 Å². The molecular weight excluding hydrogens is 359 g/mol. The van der Waals surface area contributed by atoms with E-state index in [1.54, 1.807) is 42.5 Å². The van der Waals surface area contributed by atoms with Crippen molar-refractivity contribution in [2.75, 3.05) is 6.61 Å². The molecule has 0 aliphatic carbocycles. The maximum Gasteiger partial charge on any atom is 0.196 e. The Morgan fingerprint density at radius 2 is 1.72 bits per heavy atom. The van der Waals surface area contributed by atoms with Crippen LogP contribution < -0.4 is 4.74 Å². The Morgan fingerprint density at radius 3 is 2.60 bits per heavy atom. The molecule has 0 bridgehead atoms. The van der Waals surface area contributed by atoms with Gasteiger partial charge < -0.3 is 9.15 Å². The summed E-state index contributed by atoms with van der Waals surface area (Å²) in [7, 11) is 0. The van der Waals surface area contributed by atoms with Crippen LogP contribution in [0.1, 0.15) is 16.1 Å². The molecule has 0 unspecified atom stereocenters. The van der Waals surface area contributed by atoms with E-state index in [1.165, 1.54) is 0 Å². The highest BCUT2D eigenvalue weighted by atomic mass is 35.5. The molecule has 4 rings (SSSR count). The van der Waals surface area contributed by atoms with Gasteiger partial charge in [-0.15, -0.1) is 0 Å². The first kappa shape index (κ1) is 16.0. The molecule has 1 aliphatic heterocycles. The Bertz CT molecular complexity index is 1000. The van der Waals surface area contributed by atoms with Crippen LogP contribution in [-0.2, 0) is 0 Å². The third kappa shape index (κ3) is 2.97. The predicted octanol–water partition coefficient (Wildman–Crippen LogP) is 5.91. The molecule has 0 radical (unpaired) electrons. The minimum atomic E-state index is -0.0550. The summed E-state index contributed by atoms with van der Waals surface area (Å²) in [6, 6.07) is 16.1. The monoisotopic (exact) mass is 370 g/mol. The van der Waals surface area contributed by atoms with Crippen molar-refractivity contribution in [1.29, 1.82) is 0 Å². The number of para-hydroxylation sites is 1. The van der Waals surface area contributed by atoms with E-state index in [0.717, 1.165) is 0 Å². The second-order valence-electron chi connectivity index (χ2n) is 5.59. The molecule has 3 nitrogen and oxygen atoms in total. The Balaban J connectivity index is 1.67. The van der Waals surface area contributed by atoms with E-state index in [-0.39, 0.29) is 12.4 Å². The molecule has 3 aromatic rings. The summed E-state index contributed by atoms with van der Waals surface area (Å²) in [5.41, 5.74) is 1.80. The third-order valence-electron chi connectivity index (χ3n) is 3.97. The zero-order chi connectivity index (χ0) is 17.4. The van der Waals surface area contributed by atoms with Crippen molar-refractivity contribution in [3.05, 3.63) is 81.5 Å². The molecule has 2 aromatic carbocycles. The Labute approximate surface area is 154 Å². The molecule has 0 spiro atoms. The quantitative estimate of drug-likeness (QED) is 0.526. The van der Waals surface area contributed by atoms with Gasteiger partial charge >= 0.3 is 0 Å². The highest BCUT2D eigenvalue weighted by Gasteiger charge is 2.23. The number of hydrogen-bond acceptors (Lipinski definition) is 3. The molecule has 0 saturated heterocycles. The van der Waals surface area contributed by atoms with Crippen molar-refractivity contribution in [3.8, 4) is 17.1 Å². The minimum Gasteiger partial charge on any atom is -0.488 e. The molecule has 0 saturated carbocycles. The number of ether oxygens (including phenoxy) is 1. The lowest BCUT2D eigenvalue weighted by Crippen LogP contribution is -2.18. The van der Waals surface area contributed by atoms with Crippen LogP contribution in [0.5, 0.6) is 5.75 Å². The third-order valence-corrected chi connectivity index (χ3v) is 4.79. The Kier molecular flexibility index (Phi) is 4.12. The first-order valence-electron chi connectivity index (χ1n) is 7.65. The van der Waals surface area contributed by atoms with Crippen molar-refractivity contribution in [1.82, 2.24) is 0 Å². The van der Waals surface area contributed by atoms with Crippen molar-refractivity contribution in [2.24, 2.45) is 0 Å². The summed E-state index contributed by atoms with van der Waals surface area (Å²) < 4.78 is 11.5. The first-order valence-corrected chi connectivity index (χ1v) is 8.40. The molecule has 124 valence electrons. The molecule has 1 aromatic heterocycles. The van der Waals surface area contributed by atoms with E-state index < -0.39 is 0 Å². The maximum absolute atomic E-state index is 12.6. The Morgan fingerprint density at radius 1 is 0.920 bits per heavy atom. The average Bonchev–Trinajstić information content (AvgIpc) is 3.08. The number of halogens is 2. The SMILES string of the molecule is O=C1/C(=C/c2ccc(-c3cccc(Cl)c3Cl)o2)COc2ccccc21. The number of rotatable bonds is 2. The van der Waals surface area contributed by atoms with Crippen molar-refractivity contribution in [3.63, 3.8) is 0 Å². The highest BCUT2D eigenvalue weighted by Crippen LogP contribution is 2.35. The fraction of sp³-hybridized carbons (Fsp3) is 0.0500. The van der Waals surface area contributed by atoms with Gasteiger partial charge in [0.15, 0.2) is 5.78 Å². The van der Waals surface area contributed by atoms with Crippen LogP contribution in [0.25, 0.3) is 17.4 Å². The number of fused-ring (bicyclic) bond motifs is 1. The topological polar surface area (TPSA) is 39.4 Å². The van der Waals surface area contributed by atoms with Gasteiger partial charge in [0.05, 0.1) is 15.6 Å². The predicted molar refractivity (Wildman–Crippen MR) is 98.4 cm³/mol. The van der Waals surface area contributed by atoms with E-state index in [2.05, 4.69) is 0 Å².